The Balaban J connectivity index is 1.59. The molecule has 2 N–H and O–H groups in total. The van der Waals surface area contributed by atoms with Crippen LogP contribution in [0.2, 0.25) is 0 Å². The highest BCUT2D eigenvalue weighted by Gasteiger charge is 2.25. The molecule has 0 radical (unpaired) electrons. The summed E-state index contributed by atoms with van der Waals surface area (Å²) in [4.78, 5) is 12.4. The molecule has 108 valence electrons. The minimum atomic E-state index is -0.217. The summed E-state index contributed by atoms with van der Waals surface area (Å²) in [5.41, 5.74) is 3.63. The van der Waals surface area contributed by atoms with E-state index in [0.717, 1.165) is 24.9 Å². The van der Waals surface area contributed by atoms with Gasteiger partial charge in [0.25, 0.3) is 0 Å². The monoisotopic (exact) mass is 280 g/mol. The summed E-state index contributed by atoms with van der Waals surface area (Å²) in [6.45, 7) is 1.52. The lowest BCUT2D eigenvalue weighted by Gasteiger charge is -2.26. The van der Waals surface area contributed by atoms with Gasteiger partial charge in [0, 0.05) is 13.1 Å². The Hall–Kier alpha value is -2.13. The fourth-order valence-corrected chi connectivity index (χ4v) is 2.82. The average molecular weight is 280 g/mol. The average Bonchev–Trinajstić information content (AvgIpc) is 2.55. The van der Waals surface area contributed by atoms with E-state index in [1.807, 2.05) is 36.4 Å². The van der Waals surface area contributed by atoms with E-state index in [9.17, 15) is 4.79 Å². The Labute approximate surface area is 125 Å². The van der Waals surface area contributed by atoms with Crippen molar-refractivity contribution in [1.82, 2.24) is 10.6 Å². The second-order valence-electron chi connectivity index (χ2n) is 5.36. The first-order valence-electron chi connectivity index (χ1n) is 7.47. The van der Waals surface area contributed by atoms with Crippen LogP contribution in [0.25, 0.3) is 0 Å². The highest BCUT2D eigenvalue weighted by Crippen LogP contribution is 2.22. The first-order chi connectivity index (χ1) is 10.3. The van der Waals surface area contributed by atoms with Crippen molar-refractivity contribution < 1.29 is 4.79 Å². The minimum absolute atomic E-state index is 0.0677. The van der Waals surface area contributed by atoms with Gasteiger partial charge in [-0.2, -0.15) is 0 Å². The summed E-state index contributed by atoms with van der Waals surface area (Å²) < 4.78 is 0. The maximum absolute atomic E-state index is 12.4. The lowest BCUT2D eigenvalue weighted by atomic mass is 9.94. The zero-order valence-corrected chi connectivity index (χ0v) is 12.0. The summed E-state index contributed by atoms with van der Waals surface area (Å²) in [5.74, 6) is 0.0677. The van der Waals surface area contributed by atoms with Crippen molar-refractivity contribution in [3.05, 3.63) is 71.3 Å². The molecule has 1 amide bonds. The van der Waals surface area contributed by atoms with Gasteiger partial charge in [-0.05, 0) is 29.5 Å². The lowest BCUT2D eigenvalue weighted by molar-refractivity contribution is -0.123. The van der Waals surface area contributed by atoms with Crippen molar-refractivity contribution in [3.8, 4) is 0 Å². The van der Waals surface area contributed by atoms with E-state index in [1.165, 1.54) is 11.1 Å². The molecule has 21 heavy (non-hydrogen) atoms. The molecule has 0 fully saturated rings. The molecule has 1 unspecified atom stereocenters. The van der Waals surface area contributed by atoms with Gasteiger partial charge < -0.3 is 10.6 Å². The third kappa shape index (κ3) is 3.31. The lowest BCUT2D eigenvalue weighted by Crippen LogP contribution is -2.41. The standard InChI is InChI=1S/C18H20N2O/c21-18(20-12-10-14-6-2-1-3-7-14)17-16-9-5-4-8-15(16)11-13-19-17/h1-9,17,19H,10-13H2,(H,20,21). The van der Waals surface area contributed by atoms with E-state index in [-0.39, 0.29) is 11.9 Å². The topological polar surface area (TPSA) is 41.1 Å². The summed E-state index contributed by atoms with van der Waals surface area (Å²) in [5, 5.41) is 6.35. The molecule has 1 aliphatic heterocycles. The summed E-state index contributed by atoms with van der Waals surface area (Å²) in [7, 11) is 0. The number of fused-ring (bicyclic) bond motifs is 1. The van der Waals surface area contributed by atoms with Gasteiger partial charge >= 0.3 is 0 Å². The van der Waals surface area contributed by atoms with Gasteiger partial charge in [-0.15, -0.1) is 0 Å². The van der Waals surface area contributed by atoms with Crippen molar-refractivity contribution in [2.75, 3.05) is 13.1 Å². The Kier molecular flexibility index (Phi) is 4.31. The van der Waals surface area contributed by atoms with Crippen LogP contribution in [0.3, 0.4) is 0 Å². The van der Waals surface area contributed by atoms with Crippen LogP contribution in [-0.2, 0) is 17.6 Å². The highest BCUT2D eigenvalue weighted by molar-refractivity contribution is 5.83. The SMILES string of the molecule is O=C(NCCc1ccccc1)C1NCCc2ccccc21. The quantitative estimate of drug-likeness (QED) is 0.902. The third-order valence-corrected chi connectivity index (χ3v) is 3.93. The molecule has 1 atom stereocenters. The van der Waals surface area contributed by atoms with Gasteiger partial charge in [0.2, 0.25) is 5.91 Å². The van der Waals surface area contributed by atoms with E-state index in [0.29, 0.717) is 6.54 Å². The van der Waals surface area contributed by atoms with Crippen LogP contribution < -0.4 is 10.6 Å². The Morgan fingerprint density at radius 2 is 1.86 bits per heavy atom. The van der Waals surface area contributed by atoms with Gasteiger partial charge in [0.1, 0.15) is 6.04 Å². The number of benzene rings is 2. The first-order valence-corrected chi connectivity index (χ1v) is 7.47. The molecule has 0 saturated heterocycles. The second kappa shape index (κ2) is 6.55. The maximum Gasteiger partial charge on any atom is 0.241 e. The van der Waals surface area contributed by atoms with Crippen LogP contribution in [0.15, 0.2) is 54.6 Å². The Morgan fingerprint density at radius 1 is 1.10 bits per heavy atom. The molecular weight excluding hydrogens is 260 g/mol. The van der Waals surface area contributed by atoms with Crippen LogP contribution in [0.5, 0.6) is 0 Å². The van der Waals surface area contributed by atoms with Gasteiger partial charge in [-0.25, -0.2) is 0 Å². The molecule has 0 aliphatic carbocycles. The van der Waals surface area contributed by atoms with Crippen molar-refractivity contribution in [2.24, 2.45) is 0 Å². The zero-order valence-electron chi connectivity index (χ0n) is 12.0. The number of carbonyl (C=O) groups excluding carboxylic acids is 1. The van der Waals surface area contributed by atoms with Crippen LogP contribution >= 0.6 is 0 Å². The van der Waals surface area contributed by atoms with Crippen molar-refractivity contribution in [1.29, 1.82) is 0 Å². The molecule has 0 aromatic heterocycles. The van der Waals surface area contributed by atoms with Crippen molar-refractivity contribution in [2.45, 2.75) is 18.9 Å². The molecule has 2 aromatic carbocycles. The number of carbonyl (C=O) groups is 1. The van der Waals surface area contributed by atoms with Crippen LogP contribution in [0.1, 0.15) is 22.7 Å². The van der Waals surface area contributed by atoms with Crippen molar-refractivity contribution >= 4 is 5.91 Å². The van der Waals surface area contributed by atoms with E-state index >= 15 is 0 Å². The van der Waals surface area contributed by atoms with Gasteiger partial charge in [0.05, 0.1) is 0 Å². The fraction of sp³-hybridized carbons (Fsp3) is 0.278. The molecule has 1 heterocycles. The molecule has 2 aromatic rings. The molecule has 3 rings (SSSR count). The van der Waals surface area contributed by atoms with Crippen molar-refractivity contribution in [3.63, 3.8) is 0 Å². The predicted octanol–water partition coefficient (Wildman–Crippen LogP) is 2.23. The normalized spacial score (nSPS) is 17.0. The highest BCUT2D eigenvalue weighted by atomic mass is 16.2. The van der Waals surface area contributed by atoms with Crippen LogP contribution in [0, 0.1) is 0 Å². The minimum Gasteiger partial charge on any atom is -0.354 e. The maximum atomic E-state index is 12.4. The van der Waals surface area contributed by atoms with Crippen LogP contribution in [0.4, 0.5) is 0 Å². The molecule has 1 aliphatic rings. The summed E-state index contributed by atoms with van der Waals surface area (Å²) >= 11 is 0. The number of amides is 1. The second-order valence-corrected chi connectivity index (χ2v) is 5.36. The van der Waals surface area contributed by atoms with E-state index in [2.05, 4.69) is 28.8 Å². The van der Waals surface area contributed by atoms with E-state index in [4.69, 9.17) is 0 Å². The summed E-state index contributed by atoms with van der Waals surface area (Å²) in [6, 6.07) is 18.2. The number of rotatable bonds is 4. The molecule has 0 saturated carbocycles. The number of nitrogens with one attached hydrogen (secondary N) is 2. The zero-order chi connectivity index (χ0) is 14.5. The molecule has 0 spiro atoms. The summed E-state index contributed by atoms with van der Waals surface area (Å²) in [6.07, 6.45) is 1.85. The Morgan fingerprint density at radius 3 is 2.71 bits per heavy atom. The number of hydrogen-bond donors (Lipinski definition) is 2. The molecule has 3 nitrogen and oxygen atoms in total. The van der Waals surface area contributed by atoms with Gasteiger partial charge in [0.15, 0.2) is 0 Å². The largest absolute Gasteiger partial charge is 0.354 e. The van der Waals surface area contributed by atoms with Gasteiger partial charge in [-0.1, -0.05) is 54.6 Å². The fourth-order valence-electron chi connectivity index (χ4n) is 2.82. The number of hydrogen-bond acceptors (Lipinski definition) is 2. The smallest absolute Gasteiger partial charge is 0.241 e. The Bertz CT molecular complexity index is 610. The predicted molar refractivity (Wildman–Crippen MR) is 84.0 cm³/mol. The van der Waals surface area contributed by atoms with E-state index < -0.39 is 0 Å². The van der Waals surface area contributed by atoms with Crippen LogP contribution in [-0.4, -0.2) is 19.0 Å². The molecular formula is C18H20N2O. The van der Waals surface area contributed by atoms with E-state index in [1.54, 1.807) is 0 Å². The third-order valence-electron chi connectivity index (χ3n) is 3.93. The molecule has 0 bridgehead atoms. The molecule has 3 heteroatoms. The first kappa shape index (κ1) is 13.8. The van der Waals surface area contributed by atoms with Gasteiger partial charge in [-0.3, -0.25) is 4.79 Å².